The van der Waals surface area contributed by atoms with Crippen molar-refractivity contribution in [1.29, 1.82) is 0 Å². The van der Waals surface area contributed by atoms with E-state index in [-0.39, 0.29) is 5.91 Å². The van der Waals surface area contributed by atoms with Crippen molar-refractivity contribution in [3.05, 3.63) is 97.0 Å². The number of carbonyl (C=O) groups excluding carboxylic acids is 1. The van der Waals surface area contributed by atoms with Gasteiger partial charge in [0, 0.05) is 23.6 Å². The Morgan fingerprint density at radius 3 is 2.56 bits per heavy atom. The average molecular weight is 421 g/mol. The number of pyridine rings is 1. The molecule has 0 saturated carbocycles. The fourth-order valence-electron chi connectivity index (χ4n) is 3.32. The molecule has 5 rings (SSSR count). The molecule has 2 aromatic carbocycles. The van der Waals surface area contributed by atoms with Gasteiger partial charge in [-0.2, -0.15) is 0 Å². The number of carbonyl (C=O) groups is 1. The number of amides is 1. The van der Waals surface area contributed by atoms with Crippen molar-refractivity contribution in [3.63, 3.8) is 0 Å². The lowest BCUT2D eigenvalue weighted by atomic mass is 10.2. The van der Waals surface area contributed by atoms with Crippen molar-refractivity contribution < 1.29 is 4.79 Å². The molecule has 156 valence electrons. The monoisotopic (exact) mass is 421 g/mol. The third kappa shape index (κ3) is 3.84. The van der Waals surface area contributed by atoms with Crippen LogP contribution in [-0.2, 0) is 0 Å². The van der Waals surface area contributed by atoms with E-state index in [0.717, 1.165) is 22.7 Å². The molecule has 0 unspecified atom stereocenters. The van der Waals surface area contributed by atoms with Crippen LogP contribution in [0.25, 0.3) is 17.0 Å². The van der Waals surface area contributed by atoms with Crippen molar-refractivity contribution in [3.8, 4) is 11.4 Å². The van der Waals surface area contributed by atoms with Crippen LogP contribution in [0.15, 0.2) is 91.4 Å². The van der Waals surface area contributed by atoms with E-state index >= 15 is 0 Å². The summed E-state index contributed by atoms with van der Waals surface area (Å²) in [6, 6.07) is 21.9. The van der Waals surface area contributed by atoms with Crippen LogP contribution in [-0.4, -0.2) is 25.3 Å². The molecule has 0 spiro atoms. The largest absolute Gasteiger partial charge is 0.397 e. The standard InChI is InChI=1S/C24H19N7O/c25-18-5-1-2-6-19(18)29-23(32)16-8-10-17(11-9-16)28-24-26-13-12-20(30-24)21-15-27-22-7-3-4-14-31(21)22/h1-15H,25H2,(H,29,32)(H,26,28,30). The van der Waals surface area contributed by atoms with Crippen molar-refractivity contribution >= 4 is 34.6 Å². The van der Waals surface area contributed by atoms with Gasteiger partial charge in [-0.25, -0.2) is 15.0 Å². The molecule has 0 radical (unpaired) electrons. The molecule has 3 aromatic heterocycles. The smallest absolute Gasteiger partial charge is 0.255 e. The highest BCUT2D eigenvalue weighted by Crippen LogP contribution is 2.22. The van der Waals surface area contributed by atoms with Gasteiger partial charge in [0.25, 0.3) is 5.91 Å². The first-order chi connectivity index (χ1) is 15.7. The van der Waals surface area contributed by atoms with E-state index in [4.69, 9.17) is 5.73 Å². The quantitative estimate of drug-likeness (QED) is 0.364. The second kappa shape index (κ2) is 8.19. The number of nitrogens with zero attached hydrogens (tertiary/aromatic N) is 4. The van der Waals surface area contributed by atoms with E-state index in [1.165, 1.54) is 0 Å². The number of fused-ring (bicyclic) bond motifs is 1. The van der Waals surface area contributed by atoms with Gasteiger partial charge in [0.1, 0.15) is 5.65 Å². The van der Waals surface area contributed by atoms with Crippen LogP contribution in [0.4, 0.5) is 23.0 Å². The number of imidazole rings is 1. The van der Waals surface area contributed by atoms with Crippen LogP contribution < -0.4 is 16.4 Å². The minimum Gasteiger partial charge on any atom is -0.397 e. The molecule has 0 saturated heterocycles. The van der Waals surface area contributed by atoms with Gasteiger partial charge in [-0.05, 0) is 54.6 Å². The first-order valence-electron chi connectivity index (χ1n) is 9.96. The minimum absolute atomic E-state index is 0.236. The molecular weight excluding hydrogens is 402 g/mol. The summed E-state index contributed by atoms with van der Waals surface area (Å²) in [5.41, 5.74) is 10.7. The molecule has 3 heterocycles. The fraction of sp³-hybridized carbons (Fsp3) is 0. The molecule has 0 atom stereocenters. The number of benzene rings is 2. The Kier molecular flexibility index (Phi) is 4.93. The number of hydrogen-bond donors (Lipinski definition) is 3. The lowest BCUT2D eigenvalue weighted by Gasteiger charge is -2.09. The van der Waals surface area contributed by atoms with E-state index in [1.54, 1.807) is 48.8 Å². The maximum absolute atomic E-state index is 12.5. The third-order valence-corrected chi connectivity index (χ3v) is 4.95. The van der Waals surface area contributed by atoms with Crippen LogP contribution in [0.3, 0.4) is 0 Å². The Morgan fingerprint density at radius 1 is 0.906 bits per heavy atom. The molecule has 32 heavy (non-hydrogen) atoms. The van der Waals surface area contributed by atoms with Crippen molar-refractivity contribution in [1.82, 2.24) is 19.4 Å². The Labute approximate surface area is 183 Å². The van der Waals surface area contributed by atoms with Crippen LogP contribution in [0.1, 0.15) is 10.4 Å². The average Bonchev–Trinajstić information content (AvgIpc) is 3.25. The van der Waals surface area contributed by atoms with Crippen LogP contribution >= 0.6 is 0 Å². The van der Waals surface area contributed by atoms with Crippen molar-refractivity contribution in [2.24, 2.45) is 0 Å². The fourth-order valence-corrected chi connectivity index (χ4v) is 3.32. The van der Waals surface area contributed by atoms with Gasteiger partial charge in [-0.15, -0.1) is 0 Å². The number of nitrogens with two attached hydrogens (primary N) is 1. The zero-order chi connectivity index (χ0) is 21.9. The zero-order valence-corrected chi connectivity index (χ0v) is 16.9. The van der Waals surface area contributed by atoms with Gasteiger partial charge < -0.3 is 16.4 Å². The number of nitrogen functional groups attached to an aromatic ring is 1. The number of rotatable bonds is 5. The molecule has 8 nitrogen and oxygen atoms in total. The van der Waals surface area contributed by atoms with E-state index in [9.17, 15) is 4.79 Å². The summed E-state index contributed by atoms with van der Waals surface area (Å²) in [5.74, 6) is 0.211. The van der Waals surface area contributed by atoms with Gasteiger partial charge in [0.15, 0.2) is 0 Å². The maximum Gasteiger partial charge on any atom is 0.255 e. The highest BCUT2D eigenvalue weighted by Gasteiger charge is 2.10. The van der Waals surface area contributed by atoms with Crippen molar-refractivity contribution in [2.45, 2.75) is 0 Å². The predicted molar refractivity (Wildman–Crippen MR) is 125 cm³/mol. The summed E-state index contributed by atoms with van der Waals surface area (Å²) in [5, 5.41) is 5.99. The molecular formula is C24H19N7O. The number of anilines is 4. The number of nitrogens with one attached hydrogen (secondary N) is 2. The van der Waals surface area contributed by atoms with Gasteiger partial charge >= 0.3 is 0 Å². The third-order valence-electron chi connectivity index (χ3n) is 4.95. The molecule has 8 heteroatoms. The predicted octanol–water partition coefficient (Wildman–Crippen LogP) is 4.37. The first kappa shape index (κ1) is 19.3. The topological polar surface area (TPSA) is 110 Å². The summed E-state index contributed by atoms with van der Waals surface area (Å²) in [7, 11) is 0. The lowest BCUT2D eigenvalue weighted by molar-refractivity contribution is 0.102. The normalized spacial score (nSPS) is 10.8. The van der Waals surface area contributed by atoms with Crippen LogP contribution in [0.2, 0.25) is 0 Å². The summed E-state index contributed by atoms with van der Waals surface area (Å²) in [6.45, 7) is 0. The van der Waals surface area contributed by atoms with Gasteiger partial charge in [0.05, 0.1) is 29.0 Å². The molecule has 0 bridgehead atoms. The summed E-state index contributed by atoms with van der Waals surface area (Å²) in [4.78, 5) is 25.8. The Morgan fingerprint density at radius 2 is 1.72 bits per heavy atom. The van der Waals surface area contributed by atoms with E-state index in [2.05, 4.69) is 25.6 Å². The molecule has 0 aliphatic rings. The minimum atomic E-state index is -0.236. The number of hydrogen-bond acceptors (Lipinski definition) is 6. The van der Waals surface area contributed by atoms with Crippen molar-refractivity contribution in [2.75, 3.05) is 16.4 Å². The Balaban J connectivity index is 1.32. The summed E-state index contributed by atoms with van der Waals surface area (Å²) < 4.78 is 1.97. The molecule has 4 N–H and O–H groups in total. The number of para-hydroxylation sites is 2. The van der Waals surface area contributed by atoms with E-state index in [0.29, 0.717) is 22.9 Å². The van der Waals surface area contributed by atoms with E-state index < -0.39 is 0 Å². The number of aromatic nitrogens is 4. The molecule has 5 aromatic rings. The SMILES string of the molecule is Nc1ccccc1NC(=O)c1ccc(Nc2nccc(-c3cnc4ccccn34)n2)cc1. The maximum atomic E-state index is 12.5. The second-order valence-electron chi connectivity index (χ2n) is 7.08. The van der Waals surface area contributed by atoms with Gasteiger partial charge in [-0.1, -0.05) is 18.2 Å². The van der Waals surface area contributed by atoms with E-state index in [1.807, 2.05) is 47.0 Å². The van der Waals surface area contributed by atoms with Gasteiger partial charge in [0.2, 0.25) is 5.95 Å². The van der Waals surface area contributed by atoms with Crippen LogP contribution in [0, 0.1) is 0 Å². The molecule has 0 aliphatic heterocycles. The van der Waals surface area contributed by atoms with Crippen LogP contribution in [0.5, 0.6) is 0 Å². The summed E-state index contributed by atoms with van der Waals surface area (Å²) in [6.07, 6.45) is 5.42. The lowest BCUT2D eigenvalue weighted by Crippen LogP contribution is -2.13. The Bertz CT molecular complexity index is 1410. The molecule has 1 amide bonds. The highest BCUT2D eigenvalue weighted by atomic mass is 16.1. The first-order valence-corrected chi connectivity index (χ1v) is 9.96. The highest BCUT2D eigenvalue weighted by molar-refractivity contribution is 6.05. The summed E-state index contributed by atoms with van der Waals surface area (Å²) >= 11 is 0. The Hall–Kier alpha value is -4.72. The van der Waals surface area contributed by atoms with Gasteiger partial charge in [-0.3, -0.25) is 9.20 Å². The zero-order valence-electron chi connectivity index (χ0n) is 16.9. The molecule has 0 aliphatic carbocycles. The second-order valence-corrected chi connectivity index (χ2v) is 7.08. The molecule has 0 fully saturated rings.